The molecule has 0 aliphatic rings. The first-order chi connectivity index (χ1) is 11.7. The van der Waals surface area contributed by atoms with Crippen LogP contribution in [0.1, 0.15) is 6.92 Å². The van der Waals surface area contributed by atoms with Gasteiger partial charge < -0.3 is 19.5 Å². The van der Waals surface area contributed by atoms with Crippen LogP contribution < -0.4 is 19.5 Å². The van der Waals surface area contributed by atoms with E-state index in [9.17, 15) is 4.79 Å². The molecule has 0 saturated carbocycles. The van der Waals surface area contributed by atoms with Crippen LogP contribution in [0.25, 0.3) is 0 Å². The Bertz CT molecular complexity index is 628. The summed E-state index contributed by atoms with van der Waals surface area (Å²) in [7, 11) is 0. The van der Waals surface area contributed by atoms with Crippen molar-refractivity contribution in [2.45, 2.75) is 6.92 Å². The molecule has 0 aliphatic heterocycles. The van der Waals surface area contributed by atoms with E-state index in [-0.39, 0.29) is 12.5 Å². The lowest BCUT2D eigenvalue weighted by Crippen LogP contribution is -2.32. The fourth-order valence-electron chi connectivity index (χ4n) is 1.89. The van der Waals surface area contributed by atoms with Crippen LogP contribution in [0.4, 0.5) is 0 Å². The molecular weight excluding hydrogens is 330 g/mol. The topological polar surface area (TPSA) is 56.8 Å². The van der Waals surface area contributed by atoms with E-state index in [1.54, 1.807) is 24.3 Å². The highest BCUT2D eigenvalue weighted by Crippen LogP contribution is 2.17. The average molecular weight is 350 g/mol. The van der Waals surface area contributed by atoms with Gasteiger partial charge in [-0.3, -0.25) is 4.79 Å². The quantitative estimate of drug-likeness (QED) is 0.706. The van der Waals surface area contributed by atoms with E-state index >= 15 is 0 Å². The minimum Gasteiger partial charge on any atom is -0.494 e. The van der Waals surface area contributed by atoms with Gasteiger partial charge >= 0.3 is 0 Å². The molecule has 1 N–H and O–H groups in total. The first-order valence-electron chi connectivity index (χ1n) is 7.68. The molecule has 24 heavy (non-hydrogen) atoms. The molecule has 0 aliphatic carbocycles. The summed E-state index contributed by atoms with van der Waals surface area (Å²) in [6.07, 6.45) is 0. The number of carbonyl (C=O) groups excluding carboxylic acids is 1. The molecule has 2 aromatic carbocycles. The summed E-state index contributed by atoms with van der Waals surface area (Å²) < 4.78 is 16.2. The second-order valence-corrected chi connectivity index (χ2v) is 5.28. The van der Waals surface area contributed by atoms with Crippen LogP contribution in [0.5, 0.6) is 17.2 Å². The molecule has 0 heterocycles. The maximum Gasteiger partial charge on any atom is 0.258 e. The number of hydrogen-bond donors (Lipinski definition) is 1. The molecule has 2 rings (SSSR count). The zero-order valence-corrected chi connectivity index (χ0v) is 14.2. The minimum absolute atomic E-state index is 0.0509. The molecule has 0 unspecified atom stereocenters. The van der Waals surface area contributed by atoms with Crippen molar-refractivity contribution in [2.75, 3.05) is 26.4 Å². The predicted molar refractivity (Wildman–Crippen MR) is 93.1 cm³/mol. The van der Waals surface area contributed by atoms with Gasteiger partial charge in [-0.1, -0.05) is 11.6 Å². The second-order valence-electron chi connectivity index (χ2n) is 4.85. The predicted octanol–water partition coefficient (Wildman–Crippen LogP) is 3.31. The summed E-state index contributed by atoms with van der Waals surface area (Å²) in [4.78, 5) is 11.7. The number of hydrogen-bond acceptors (Lipinski definition) is 4. The van der Waals surface area contributed by atoms with Gasteiger partial charge in [-0.05, 0) is 55.5 Å². The number of rotatable bonds is 9. The maximum atomic E-state index is 11.7. The highest BCUT2D eigenvalue weighted by Gasteiger charge is 2.03. The molecular formula is C18H20ClNO4. The molecule has 0 spiro atoms. The van der Waals surface area contributed by atoms with Crippen molar-refractivity contribution in [1.29, 1.82) is 0 Å². The van der Waals surface area contributed by atoms with Gasteiger partial charge in [0.05, 0.1) is 13.2 Å². The molecule has 0 aromatic heterocycles. The molecule has 0 fully saturated rings. The van der Waals surface area contributed by atoms with Crippen LogP contribution in [0.15, 0.2) is 48.5 Å². The van der Waals surface area contributed by atoms with E-state index in [0.717, 1.165) is 11.5 Å². The van der Waals surface area contributed by atoms with Crippen LogP contribution in [0, 0.1) is 0 Å². The second kappa shape index (κ2) is 9.67. The van der Waals surface area contributed by atoms with Gasteiger partial charge in [0, 0.05) is 5.02 Å². The molecule has 2 aromatic rings. The van der Waals surface area contributed by atoms with Crippen molar-refractivity contribution in [1.82, 2.24) is 5.32 Å². The smallest absolute Gasteiger partial charge is 0.258 e. The largest absolute Gasteiger partial charge is 0.494 e. The fourth-order valence-corrected chi connectivity index (χ4v) is 2.01. The number of amides is 1. The third kappa shape index (κ3) is 6.38. The first kappa shape index (κ1) is 17.9. The van der Waals surface area contributed by atoms with Crippen molar-refractivity contribution < 1.29 is 19.0 Å². The van der Waals surface area contributed by atoms with E-state index in [2.05, 4.69) is 5.32 Å². The number of nitrogens with one attached hydrogen (secondary N) is 1. The van der Waals surface area contributed by atoms with Gasteiger partial charge in [-0.2, -0.15) is 0 Å². The lowest BCUT2D eigenvalue weighted by Gasteiger charge is -2.09. The zero-order valence-electron chi connectivity index (χ0n) is 13.5. The minimum atomic E-state index is -0.208. The number of carbonyl (C=O) groups is 1. The Kier molecular flexibility index (Phi) is 7.23. The molecule has 0 radical (unpaired) electrons. The third-order valence-electron chi connectivity index (χ3n) is 3.01. The average Bonchev–Trinajstić information content (AvgIpc) is 2.60. The van der Waals surface area contributed by atoms with E-state index < -0.39 is 0 Å². The van der Waals surface area contributed by atoms with Crippen LogP contribution in [0.3, 0.4) is 0 Å². The van der Waals surface area contributed by atoms with Crippen LogP contribution >= 0.6 is 11.6 Å². The standard InChI is InChI=1S/C18H20ClNO4/c1-2-22-15-7-9-16(10-8-15)23-12-11-20-18(21)13-24-17-5-3-14(19)4-6-17/h3-10H,2,11-13H2,1H3,(H,20,21). The highest BCUT2D eigenvalue weighted by atomic mass is 35.5. The van der Waals surface area contributed by atoms with Gasteiger partial charge in [0.2, 0.25) is 0 Å². The molecule has 5 nitrogen and oxygen atoms in total. The number of halogens is 1. The molecule has 1 amide bonds. The summed E-state index contributed by atoms with van der Waals surface area (Å²) in [6, 6.07) is 14.2. The summed E-state index contributed by atoms with van der Waals surface area (Å²) >= 11 is 5.78. The summed E-state index contributed by atoms with van der Waals surface area (Å²) in [5.41, 5.74) is 0. The fraction of sp³-hybridized carbons (Fsp3) is 0.278. The Morgan fingerprint density at radius 3 is 2.08 bits per heavy atom. The van der Waals surface area contributed by atoms with Crippen molar-refractivity contribution >= 4 is 17.5 Å². The van der Waals surface area contributed by atoms with Crippen molar-refractivity contribution in [3.05, 3.63) is 53.6 Å². The van der Waals surface area contributed by atoms with Gasteiger partial charge in [0.1, 0.15) is 23.9 Å². The van der Waals surface area contributed by atoms with Crippen molar-refractivity contribution in [3.8, 4) is 17.2 Å². The Morgan fingerprint density at radius 1 is 0.917 bits per heavy atom. The normalized spacial score (nSPS) is 10.1. The molecule has 0 saturated heterocycles. The lowest BCUT2D eigenvalue weighted by molar-refractivity contribution is -0.123. The van der Waals surface area contributed by atoms with E-state index in [1.165, 1.54) is 0 Å². The van der Waals surface area contributed by atoms with Crippen molar-refractivity contribution in [2.24, 2.45) is 0 Å². The third-order valence-corrected chi connectivity index (χ3v) is 3.26. The van der Waals surface area contributed by atoms with Gasteiger partial charge in [0.25, 0.3) is 5.91 Å². The van der Waals surface area contributed by atoms with E-state index in [1.807, 2.05) is 31.2 Å². The summed E-state index contributed by atoms with van der Waals surface area (Å²) in [5.74, 6) is 1.92. The van der Waals surface area contributed by atoms with E-state index in [4.69, 9.17) is 25.8 Å². The van der Waals surface area contributed by atoms with Gasteiger partial charge in [-0.15, -0.1) is 0 Å². The SMILES string of the molecule is CCOc1ccc(OCCNC(=O)COc2ccc(Cl)cc2)cc1. The zero-order chi connectivity index (χ0) is 17.2. The lowest BCUT2D eigenvalue weighted by atomic mass is 10.3. The highest BCUT2D eigenvalue weighted by molar-refractivity contribution is 6.30. The Morgan fingerprint density at radius 2 is 1.46 bits per heavy atom. The molecule has 128 valence electrons. The number of ether oxygens (including phenoxy) is 3. The summed E-state index contributed by atoms with van der Waals surface area (Å²) in [6.45, 7) is 3.29. The van der Waals surface area contributed by atoms with Gasteiger partial charge in [-0.25, -0.2) is 0 Å². The molecule has 0 atom stereocenters. The molecule has 0 bridgehead atoms. The van der Waals surface area contributed by atoms with Gasteiger partial charge in [0.15, 0.2) is 6.61 Å². The monoisotopic (exact) mass is 349 g/mol. The van der Waals surface area contributed by atoms with Crippen LogP contribution in [-0.2, 0) is 4.79 Å². The van der Waals surface area contributed by atoms with E-state index in [0.29, 0.717) is 30.5 Å². The Hall–Kier alpha value is -2.40. The molecule has 6 heteroatoms. The van der Waals surface area contributed by atoms with Crippen LogP contribution in [-0.4, -0.2) is 32.3 Å². The first-order valence-corrected chi connectivity index (χ1v) is 8.06. The Balaban J connectivity index is 1.61. The Labute approximate surface area is 146 Å². The van der Waals surface area contributed by atoms with Crippen molar-refractivity contribution in [3.63, 3.8) is 0 Å². The van der Waals surface area contributed by atoms with Crippen LogP contribution in [0.2, 0.25) is 5.02 Å². The maximum absolute atomic E-state index is 11.7. The summed E-state index contributed by atoms with van der Waals surface area (Å²) in [5, 5.41) is 3.35. The number of benzene rings is 2.